The minimum atomic E-state index is -4.52. The summed E-state index contributed by atoms with van der Waals surface area (Å²) in [6, 6.07) is 3.53. The van der Waals surface area contributed by atoms with Crippen molar-refractivity contribution in [1.29, 1.82) is 0 Å². The van der Waals surface area contributed by atoms with E-state index in [2.05, 4.69) is 10.1 Å². The number of hydrogen-bond donors (Lipinski definition) is 0. The Kier molecular flexibility index (Phi) is 5.24. The Labute approximate surface area is 153 Å². The second-order valence-corrected chi connectivity index (χ2v) is 6.30. The summed E-state index contributed by atoms with van der Waals surface area (Å²) in [5, 5.41) is 4.07. The molecule has 1 aliphatic rings. The van der Waals surface area contributed by atoms with Crippen molar-refractivity contribution >= 4 is 5.91 Å². The number of pyridine rings is 1. The third kappa shape index (κ3) is 4.32. The molecule has 1 aliphatic heterocycles. The summed E-state index contributed by atoms with van der Waals surface area (Å²) in [7, 11) is 3.14. The van der Waals surface area contributed by atoms with Gasteiger partial charge in [-0.25, -0.2) is 4.98 Å². The number of aromatic nitrogens is 3. The first-order chi connectivity index (χ1) is 12.8. The molecule has 0 bridgehead atoms. The lowest BCUT2D eigenvalue weighted by atomic mass is 10.1. The number of hydrogen-bond acceptors (Lipinski definition) is 5. The van der Waals surface area contributed by atoms with Crippen LogP contribution in [0.2, 0.25) is 0 Å². The Bertz CT molecular complexity index is 822. The molecular weight excluding hydrogens is 365 g/mol. The number of likely N-dealkylation sites (tertiary alicyclic amines) is 1. The first-order valence-electron chi connectivity index (χ1n) is 8.32. The molecule has 0 saturated carbocycles. The summed E-state index contributed by atoms with van der Waals surface area (Å²) in [6.45, 7) is 1.15. The third-order valence-electron chi connectivity index (χ3n) is 4.27. The average molecular weight is 384 g/mol. The van der Waals surface area contributed by atoms with E-state index < -0.39 is 11.9 Å². The quantitative estimate of drug-likeness (QED) is 0.792. The number of alkyl halides is 3. The second-order valence-electron chi connectivity index (χ2n) is 6.30. The molecule has 0 aliphatic carbocycles. The van der Waals surface area contributed by atoms with E-state index in [1.54, 1.807) is 18.1 Å². The van der Waals surface area contributed by atoms with E-state index in [0.717, 1.165) is 6.07 Å². The van der Waals surface area contributed by atoms with Gasteiger partial charge in [-0.1, -0.05) is 6.07 Å². The topological polar surface area (TPSA) is 69.5 Å². The highest BCUT2D eigenvalue weighted by molar-refractivity contribution is 5.96. The number of rotatable bonds is 5. The van der Waals surface area contributed by atoms with Crippen LogP contribution in [0.15, 0.2) is 24.4 Å². The molecule has 0 aromatic carbocycles. The van der Waals surface area contributed by atoms with Crippen molar-refractivity contribution in [2.75, 3.05) is 26.8 Å². The maximum Gasteiger partial charge on any atom is 0.433 e. The monoisotopic (exact) mass is 384 g/mol. The van der Waals surface area contributed by atoms with Crippen LogP contribution in [0.5, 0.6) is 11.8 Å². The highest BCUT2D eigenvalue weighted by atomic mass is 19.4. The Hall–Kier alpha value is -2.78. The Balaban J connectivity index is 1.58. The van der Waals surface area contributed by atoms with Gasteiger partial charge in [-0.2, -0.15) is 13.2 Å². The number of carbonyl (C=O) groups is 1. The van der Waals surface area contributed by atoms with Crippen LogP contribution in [0.1, 0.15) is 22.5 Å². The third-order valence-corrected chi connectivity index (χ3v) is 4.27. The van der Waals surface area contributed by atoms with E-state index in [0.29, 0.717) is 25.1 Å². The van der Waals surface area contributed by atoms with Gasteiger partial charge in [-0.05, 0) is 12.5 Å². The minimum Gasteiger partial charge on any atom is -0.479 e. The lowest BCUT2D eigenvalue weighted by Gasteiger charge is -2.16. The van der Waals surface area contributed by atoms with Gasteiger partial charge in [0.15, 0.2) is 0 Å². The van der Waals surface area contributed by atoms with Gasteiger partial charge in [-0.3, -0.25) is 9.48 Å². The normalized spacial score (nSPS) is 17.2. The summed E-state index contributed by atoms with van der Waals surface area (Å²) in [5.74, 6) is -0.00787. The van der Waals surface area contributed by atoms with Crippen molar-refractivity contribution in [1.82, 2.24) is 19.7 Å². The van der Waals surface area contributed by atoms with Gasteiger partial charge in [0.2, 0.25) is 11.8 Å². The smallest absolute Gasteiger partial charge is 0.433 e. The molecule has 3 heterocycles. The first kappa shape index (κ1) is 19.0. The van der Waals surface area contributed by atoms with Gasteiger partial charge in [0.25, 0.3) is 5.91 Å². The van der Waals surface area contributed by atoms with Gasteiger partial charge in [0.1, 0.15) is 11.3 Å². The standard InChI is InChI=1S/C17H19F3N4O3/c1-23-9-12(15(22-23)26-2)16(25)24-7-6-11(8-24)10-27-14-5-3-4-13(21-14)17(18,19)20/h3-5,9,11H,6-8,10H2,1-2H3. The van der Waals surface area contributed by atoms with E-state index in [9.17, 15) is 18.0 Å². The minimum absolute atomic E-state index is 0.00737. The molecule has 1 unspecified atom stereocenters. The zero-order valence-corrected chi connectivity index (χ0v) is 14.9. The lowest BCUT2D eigenvalue weighted by Crippen LogP contribution is -2.29. The van der Waals surface area contributed by atoms with E-state index in [1.807, 2.05) is 0 Å². The fraction of sp³-hybridized carbons (Fsp3) is 0.471. The molecule has 10 heteroatoms. The maximum atomic E-state index is 12.7. The van der Waals surface area contributed by atoms with Gasteiger partial charge in [-0.15, -0.1) is 5.10 Å². The van der Waals surface area contributed by atoms with Gasteiger partial charge >= 0.3 is 6.18 Å². The average Bonchev–Trinajstić information content (AvgIpc) is 3.25. The number of ether oxygens (including phenoxy) is 2. The molecule has 0 N–H and O–H groups in total. The lowest BCUT2D eigenvalue weighted by molar-refractivity contribution is -0.141. The van der Waals surface area contributed by atoms with Crippen LogP contribution < -0.4 is 9.47 Å². The molecule has 0 radical (unpaired) electrons. The maximum absolute atomic E-state index is 12.7. The van der Waals surface area contributed by atoms with Crippen LogP contribution in [-0.4, -0.2) is 52.4 Å². The number of nitrogens with zero attached hydrogens (tertiary/aromatic N) is 4. The number of halogens is 3. The highest BCUT2D eigenvalue weighted by Crippen LogP contribution is 2.29. The molecule has 1 amide bonds. The molecule has 7 nitrogen and oxygen atoms in total. The van der Waals surface area contributed by atoms with Crippen LogP contribution in [-0.2, 0) is 13.2 Å². The van der Waals surface area contributed by atoms with Crippen LogP contribution in [0.3, 0.4) is 0 Å². The zero-order valence-electron chi connectivity index (χ0n) is 14.9. The molecule has 2 aromatic rings. The van der Waals surface area contributed by atoms with Crippen LogP contribution in [0, 0.1) is 5.92 Å². The van der Waals surface area contributed by atoms with Crippen molar-refractivity contribution in [3.8, 4) is 11.8 Å². The number of amides is 1. The van der Waals surface area contributed by atoms with E-state index >= 15 is 0 Å². The Morgan fingerprint density at radius 1 is 1.37 bits per heavy atom. The Morgan fingerprint density at radius 3 is 2.85 bits per heavy atom. The summed E-state index contributed by atoms with van der Waals surface area (Å²) < 4.78 is 50.1. The number of carbonyl (C=O) groups excluding carboxylic acids is 1. The second kappa shape index (κ2) is 7.45. The van der Waals surface area contributed by atoms with Crippen LogP contribution in [0.4, 0.5) is 13.2 Å². The molecule has 0 spiro atoms. The van der Waals surface area contributed by atoms with E-state index in [-0.39, 0.29) is 30.2 Å². The SMILES string of the molecule is COc1nn(C)cc1C(=O)N1CCC(COc2cccc(C(F)(F)F)n2)C1. The molecule has 1 atom stereocenters. The van der Waals surface area contributed by atoms with Gasteiger partial charge in [0, 0.05) is 38.3 Å². The molecule has 1 saturated heterocycles. The van der Waals surface area contributed by atoms with Crippen molar-refractivity contribution in [3.63, 3.8) is 0 Å². The van der Waals surface area contributed by atoms with Gasteiger partial charge in [0.05, 0.1) is 13.7 Å². The molecular formula is C17H19F3N4O3. The Morgan fingerprint density at radius 2 is 2.15 bits per heavy atom. The summed E-state index contributed by atoms with van der Waals surface area (Å²) in [4.78, 5) is 17.8. The van der Waals surface area contributed by atoms with E-state index in [1.165, 1.54) is 23.9 Å². The fourth-order valence-electron chi connectivity index (χ4n) is 2.95. The largest absolute Gasteiger partial charge is 0.479 e. The molecule has 146 valence electrons. The molecule has 3 rings (SSSR count). The van der Waals surface area contributed by atoms with Gasteiger partial charge < -0.3 is 14.4 Å². The summed E-state index contributed by atoms with van der Waals surface area (Å²) >= 11 is 0. The highest BCUT2D eigenvalue weighted by Gasteiger charge is 2.33. The van der Waals surface area contributed by atoms with Crippen molar-refractivity contribution in [2.45, 2.75) is 12.6 Å². The fourth-order valence-corrected chi connectivity index (χ4v) is 2.95. The molecule has 1 fully saturated rings. The number of methoxy groups -OCH3 is 1. The number of aryl methyl sites for hydroxylation is 1. The molecule has 27 heavy (non-hydrogen) atoms. The van der Waals surface area contributed by atoms with Crippen molar-refractivity contribution < 1.29 is 27.4 Å². The van der Waals surface area contributed by atoms with Crippen LogP contribution in [0.25, 0.3) is 0 Å². The first-order valence-corrected chi connectivity index (χ1v) is 8.32. The zero-order chi connectivity index (χ0) is 19.6. The predicted molar refractivity (Wildman–Crippen MR) is 88.5 cm³/mol. The summed E-state index contributed by atoms with van der Waals surface area (Å²) in [6.07, 6.45) is -2.23. The molecule has 2 aromatic heterocycles. The van der Waals surface area contributed by atoms with Crippen LogP contribution >= 0.6 is 0 Å². The summed E-state index contributed by atoms with van der Waals surface area (Å²) in [5.41, 5.74) is -0.618. The van der Waals surface area contributed by atoms with Crippen molar-refractivity contribution in [3.05, 3.63) is 35.7 Å². The van der Waals surface area contributed by atoms with Crippen molar-refractivity contribution in [2.24, 2.45) is 13.0 Å². The predicted octanol–water partition coefficient (Wildman–Crippen LogP) is 2.38. The van der Waals surface area contributed by atoms with E-state index in [4.69, 9.17) is 9.47 Å².